The molecule has 0 fully saturated rings. The molecule has 2 heterocycles. The lowest BCUT2D eigenvalue weighted by Crippen LogP contribution is -2.42. The summed E-state index contributed by atoms with van der Waals surface area (Å²) in [5.74, 6) is 2.16. The zero-order valence-corrected chi connectivity index (χ0v) is 39.4. The highest BCUT2D eigenvalue weighted by Crippen LogP contribution is 2.44. The summed E-state index contributed by atoms with van der Waals surface area (Å²) in [7, 11) is 1.18. The Balaban J connectivity index is 1.22. The maximum absolute atomic E-state index is 7.38. The number of methoxy groups -OCH3 is 2. The summed E-state index contributed by atoms with van der Waals surface area (Å²) in [5, 5.41) is 3.96. The predicted molar refractivity (Wildman–Crippen MR) is 263 cm³/mol. The van der Waals surface area contributed by atoms with Crippen LogP contribution in [0.2, 0.25) is 18.1 Å². The van der Waals surface area contributed by atoms with Gasteiger partial charge in [0.2, 0.25) is 0 Å². The second-order valence-corrected chi connectivity index (χ2v) is 22.7. The molecule has 8 aromatic rings. The summed E-state index contributed by atoms with van der Waals surface area (Å²) in [4.78, 5) is 15.0. The average Bonchev–Trinajstić information content (AvgIpc) is 3.79. The van der Waals surface area contributed by atoms with Crippen molar-refractivity contribution in [3.05, 3.63) is 216 Å². The smallest absolute Gasteiger partial charge is 0.192 e. The molecule has 0 saturated heterocycles. The van der Waals surface area contributed by atoms with Crippen LogP contribution in [0.5, 0.6) is 11.5 Å². The van der Waals surface area contributed by atoms with Gasteiger partial charge in [0, 0.05) is 0 Å². The van der Waals surface area contributed by atoms with Crippen LogP contribution in [-0.2, 0) is 20.3 Å². The molecule has 1 unspecified atom stereocenters. The van der Waals surface area contributed by atoms with Crippen LogP contribution >= 0.6 is 0 Å². The van der Waals surface area contributed by atoms with Crippen LogP contribution in [-0.4, -0.2) is 55.3 Å². The SMILES string of the molecule is COc1ccc(C(Nc2ncnc3c2ncn3C(CCOC(c2ccccc2)(c2ccccc2)c2ccc(OC)cc2)CO[Si](C)(C)C(C)(C)C)(c2ccccc2)c2ccccc2)cc1. The topological polar surface area (TPSA) is 92.6 Å². The molecule has 332 valence electrons. The molecule has 0 bridgehead atoms. The molecule has 6 aromatic carbocycles. The molecule has 0 saturated carbocycles. The molecule has 8 rings (SSSR count). The molecule has 1 N–H and O–H groups in total. The van der Waals surface area contributed by atoms with E-state index in [9.17, 15) is 0 Å². The van der Waals surface area contributed by atoms with Crippen LogP contribution in [0.25, 0.3) is 11.2 Å². The van der Waals surface area contributed by atoms with E-state index in [2.05, 4.69) is 165 Å². The second kappa shape index (κ2) is 19.3. The number of hydrogen-bond acceptors (Lipinski definition) is 8. The third-order valence-electron chi connectivity index (χ3n) is 13.1. The quantitative estimate of drug-likeness (QED) is 0.0673. The number of nitrogens with zero attached hydrogens (tertiary/aromatic N) is 4. The van der Waals surface area contributed by atoms with E-state index in [0.717, 1.165) is 44.9 Å². The van der Waals surface area contributed by atoms with Gasteiger partial charge in [-0.05, 0) is 82.2 Å². The van der Waals surface area contributed by atoms with E-state index in [1.54, 1.807) is 20.5 Å². The summed E-state index contributed by atoms with van der Waals surface area (Å²) in [5.41, 5.74) is 5.71. The molecule has 0 aliphatic heterocycles. The maximum atomic E-state index is 7.38. The average molecular weight is 882 g/mol. The lowest BCUT2D eigenvalue weighted by Gasteiger charge is -2.38. The van der Waals surface area contributed by atoms with Gasteiger partial charge in [-0.25, -0.2) is 15.0 Å². The lowest BCUT2D eigenvalue weighted by atomic mass is 9.77. The van der Waals surface area contributed by atoms with Crippen LogP contribution in [0.1, 0.15) is 66.6 Å². The molecule has 9 nitrogen and oxygen atoms in total. The fourth-order valence-electron chi connectivity index (χ4n) is 8.42. The standard InChI is InChI=1S/C55H59N5O4Si/c1-53(2,3)65(6,7)64-38-47(36-37-63-55(44-24-16-10-17-25-44,45-26-18-11-19-27-45)46-30-34-49(62-5)35-31-46)60-40-58-50-51(56-39-57-52(50)60)59-54(41-20-12-8-13-21-41,42-22-14-9-15-23-42)43-28-32-48(61-4)33-29-43/h8-35,39-40,47H,36-38H2,1-7H3,(H,56,57,59). The molecule has 0 aliphatic rings. The van der Waals surface area contributed by atoms with Crippen molar-refractivity contribution >= 4 is 25.3 Å². The zero-order valence-electron chi connectivity index (χ0n) is 38.4. The van der Waals surface area contributed by atoms with Gasteiger partial charge < -0.3 is 28.5 Å². The Morgan fingerprint density at radius 2 is 1.02 bits per heavy atom. The van der Waals surface area contributed by atoms with Gasteiger partial charge in [0.15, 0.2) is 19.8 Å². The molecule has 0 radical (unpaired) electrons. The minimum Gasteiger partial charge on any atom is -0.497 e. The largest absolute Gasteiger partial charge is 0.497 e. The summed E-state index contributed by atoms with van der Waals surface area (Å²) in [6.07, 6.45) is 4.11. The monoisotopic (exact) mass is 881 g/mol. The number of hydrogen-bond donors (Lipinski definition) is 1. The number of imidazole rings is 1. The van der Waals surface area contributed by atoms with Crippen LogP contribution in [0.15, 0.2) is 183 Å². The molecule has 1 atom stereocenters. The Morgan fingerprint density at radius 1 is 0.569 bits per heavy atom. The zero-order chi connectivity index (χ0) is 45.5. The van der Waals surface area contributed by atoms with Crippen molar-refractivity contribution in [1.29, 1.82) is 0 Å². The number of anilines is 1. The van der Waals surface area contributed by atoms with E-state index in [1.165, 1.54) is 0 Å². The van der Waals surface area contributed by atoms with Gasteiger partial charge in [0.05, 0.1) is 39.8 Å². The lowest BCUT2D eigenvalue weighted by molar-refractivity contribution is 0.00370. The van der Waals surface area contributed by atoms with E-state index in [0.29, 0.717) is 36.6 Å². The van der Waals surface area contributed by atoms with Crippen molar-refractivity contribution in [2.45, 2.75) is 62.5 Å². The molecular weight excluding hydrogens is 823 g/mol. The second-order valence-electron chi connectivity index (χ2n) is 17.9. The number of fused-ring (bicyclic) bond motifs is 1. The summed E-state index contributed by atoms with van der Waals surface area (Å²) in [6.45, 7) is 12.2. The van der Waals surface area contributed by atoms with Gasteiger partial charge in [-0.15, -0.1) is 0 Å². The minimum atomic E-state index is -2.19. The first kappa shape index (κ1) is 45.0. The fraction of sp³-hybridized carbons (Fsp3) is 0.255. The van der Waals surface area contributed by atoms with Crippen LogP contribution in [0.3, 0.4) is 0 Å². The molecule has 10 heteroatoms. The van der Waals surface area contributed by atoms with Crippen molar-refractivity contribution in [3.63, 3.8) is 0 Å². The summed E-state index contributed by atoms with van der Waals surface area (Å²) in [6, 6.07) is 58.0. The van der Waals surface area contributed by atoms with Gasteiger partial charge >= 0.3 is 0 Å². The number of ether oxygens (including phenoxy) is 3. The highest BCUT2D eigenvalue weighted by atomic mass is 28.4. The van der Waals surface area contributed by atoms with Gasteiger partial charge in [-0.2, -0.15) is 0 Å². The first-order chi connectivity index (χ1) is 31.5. The molecule has 0 spiro atoms. The fourth-order valence-corrected chi connectivity index (χ4v) is 9.46. The Bertz CT molecular complexity index is 2670. The molecule has 65 heavy (non-hydrogen) atoms. The van der Waals surface area contributed by atoms with E-state index < -0.39 is 19.5 Å². The van der Waals surface area contributed by atoms with Gasteiger partial charge in [-0.1, -0.05) is 166 Å². The first-order valence-electron chi connectivity index (χ1n) is 22.2. The van der Waals surface area contributed by atoms with Crippen molar-refractivity contribution in [2.24, 2.45) is 0 Å². The van der Waals surface area contributed by atoms with Gasteiger partial charge in [0.25, 0.3) is 0 Å². The highest BCUT2D eigenvalue weighted by molar-refractivity contribution is 6.74. The van der Waals surface area contributed by atoms with Crippen molar-refractivity contribution in [3.8, 4) is 11.5 Å². The van der Waals surface area contributed by atoms with Crippen molar-refractivity contribution < 1.29 is 18.6 Å². The maximum Gasteiger partial charge on any atom is 0.192 e. The van der Waals surface area contributed by atoms with E-state index >= 15 is 0 Å². The van der Waals surface area contributed by atoms with Crippen molar-refractivity contribution in [2.75, 3.05) is 32.8 Å². The number of nitrogens with one attached hydrogen (secondary N) is 1. The van der Waals surface area contributed by atoms with E-state index in [1.807, 2.05) is 54.9 Å². The van der Waals surface area contributed by atoms with Crippen LogP contribution < -0.4 is 14.8 Å². The number of benzene rings is 6. The third-order valence-corrected chi connectivity index (χ3v) is 17.6. The van der Waals surface area contributed by atoms with Crippen LogP contribution in [0, 0.1) is 0 Å². The Hall–Kier alpha value is -6.59. The summed E-state index contributed by atoms with van der Waals surface area (Å²) >= 11 is 0. The minimum absolute atomic E-state index is 0.00805. The molecule has 2 aromatic heterocycles. The molecule has 0 amide bonds. The molecular formula is C55H59N5O4Si. The number of rotatable bonds is 18. The Morgan fingerprint density at radius 3 is 1.49 bits per heavy atom. The Kier molecular flexibility index (Phi) is 13.3. The summed E-state index contributed by atoms with van der Waals surface area (Å²) < 4.78 is 27.8. The molecule has 0 aliphatic carbocycles. The van der Waals surface area contributed by atoms with Gasteiger partial charge in [0.1, 0.15) is 34.5 Å². The highest BCUT2D eigenvalue weighted by Gasteiger charge is 2.41. The van der Waals surface area contributed by atoms with Gasteiger partial charge in [-0.3, -0.25) is 0 Å². The Labute approximate surface area is 384 Å². The predicted octanol–water partition coefficient (Wildman–Crippen LogP) is 12.2. The third kappa shape index (κ3) is 9.07. The number of aromatic nitrogens is 4. The van der Waals surface area contributed by atoms with E-state index in [4.69, 9.17) is 33.6 Å². The normalized spacial score (nSPS) is 12.8. The van der Waals surface area contributed by atoms with Crippen LogP contribution in [0.4, 0.5) is 5.82 Å². The van der Waals surface area contributed by atoms with Crippen molar-refractivity contribution in [1.82, 2.24) is 19.5 Å². The van der Waals surface area contributed by atoms with E-state index in [-0.39, 0.29) is 11.1 Å². The first-order valence-corrected chi connectivity index (χ1v) is 25.2.